The second-order valence-electron chi connectivity index (χ2n) is 4.22. The van der Waals surface area contributed by atoms with Crippen molar-refractivity contribution in [3.8, 4) is 0 Å². The number of hydrogen-bond donors (Lipinski definition) is 0. The van der Waals surface area contributed by atoms with E-state index in [-0.39, 0.29) is 0 Å². The Labute approximate surface area is 81.6 Å². The third-order valence-corrected chi connectivity index (χ3v) is 4.09. The van der Waals surface area contributed by atoms with Gasteiger partial charge in [-0.15, -0.1) is 11.8 Å². The molecule has 2 unspecified atom stereocenters. The van der Waals surface area contributed by atoms with Crippen LogP contribution in [0.1, 0.15) is 33.6 Å². The summed E-state index contributed by atoms with van der Waals surface area (Å²) in [6, 6.07) is 0. The van der Waals surface area contributed by atoms with Crippen molar-refractivity contribution in [2.24, 2.45) is 5.92 Å². The lowest BCUT2D eigenvalue weighted by molar-refractivity contribution is 0.584. The molecule has 0 N–H and O–H groups in total. The van der Waals surface area contributed by atoms with Crippen LogP contribution in [0.25, 0.3) is 0 Å². The molecule has 0 saturated heterocycles. The maximum absolute atomic E-state index is 2.31. The number of rotatable bonds is 3. The van der Waals surface area contributed by atoms with E-state index >= 15 is 0 Å². The summed E-state index contributed by atoms with van der Waals surface area (Å²) in [6.45, 7) is 6.88. The van der Waals surface area contributed by atoms with E-state index in [9.17, 15) is 0 Å². The molecule has 0 aromatic rings. The van der Waals surface area contributed by atoms with Crippen molar-refractivity contribution in [2.45, 2.75) is 39.4 Å². The minimum absolute atomic E-state index is 0.865. The highest BCUT2D eigenvalue weighted by atomic mass is 32.2. The standard InChI is InChI=1S/C10H19BS/c1-7(11)4-5-10-6-12-9(3)8(10)2/h7,10H,4-6,11H2,1-3H3. The zero-order valence-electron chi connectivity index (χ0n) is 8.68. The van der Waals surface area contributed by atoms with E-state index in [4.69, 9.17) is 0 Å². The van der Waals surface area contributed by atoms with Gasteiger partial charge in [-0.05, 0) is 31.1 Å². The predicted molar refractivity (Wildman–Crippen MR) is 61.5 cm³/mol. The van der Waals surface area contributed by atoms with Crippen molar-refractivity contribution < 1.29 is 0 Å². The molecule has 0 spiro atoms. The van der Waals surface area contributed by atoms with Crippen LogP contribution >= 0.6 is 11.8 Å². The fourth-order valence-corrected chi connectivity index (χ4v) is 2.85. The highest BCUT2D eigenvalue weighted by Gasteiger charge is 2.19. The topological polar surface area (TPSA) is 0 Å². The third kappa shape index (κ3) is 2.58. The van der Waals surface area contributed by atoms with Crippen LogP contribution in [-0.4, -0.2) is 13.6 Å². The minimum Gasteiger partial charge on any atom is -0.130 e. The van der Waals surface area contributed by atoms with Crippen molar-refractivity contribution in [2.75, 3.05) is 5.75 Å². The fourth-order valence-electron chi connectivity index (χ4n) is 1.59. The Kier molecular flexibility index (Phi) is 3.76. The van der Waals surface area contributed by atoms with Crippen LogP contribution in [0.4, 0.5) is 0 Å². The van der Waals surface area contributed by atoms with Gasteiger partial charge in [0.15, 0.2) is 0 Å². The Balaban J connectivity index is 2.35. The number of allylic oxidation sites excluding steroid dienone is 2. The van der Waals surface area contributed by atoms with Crippen molar-refractivity contribution in [3.63, 3.8) is 0 Å². The molecule has 1 rings (SSSR count). The molecule has 0 bridgehead atoms. The van der Waals surface area contributed by atoms with Gasteiger partial charge in [-0.25, -0.2) is 0 Å². The second-order valence-corrected chi connectivity index (χ2v) is 5.45. The summed E-state index contributed by atoms with van der Waals surface area (Å²) >= 11 is 2.04. The van der Waals surface area contributed by atoms with E-state index in [0.717, 1.165) is 11.7 Å². The molecular formula is C10H19BS. The van der Waals surface area contributed by atoms with Crippen LogP contribution < -0.4 is 0 Å². The van der Waals surface area contributed by atoms with E-state index in [0.29, 0.717) is 0 Å². The zero-order valence-corrected chi connectivity index (χ0v) is 9.50. The van der Waals surface area contributed by atoms with Gasteiger partial charge in [-0.1, -0.05) is 24.7 Å². The van der Waals surface area contributed by atoms with Crippen molar-refractivity contribution in [3.05, 3.63) is 10.5 Å². The van der Waals surface area contributed by atoms with Crippen molar-refractivity contribution in [1.82, 2.24) is 0 Å². The van der Waals surface area contributed by atoms with Crippen LogP contribution in [0.5, 0.6) is 0 Å². The first-order valence-electron chi connectivity index (χ1n) is 4.91. The van der Waals surface area contributed by atoms with E-state index in [1.807, 2.05) is 11.8 Å². The SMILES string of the molecule is BC(C)CCC1CSC(C)=C1C. The maximum Gasteiger partial charge on any atom is 0.105 e. The molecule has 1 aliphatic heterocycles. The fraction of sp³-hybridized carbons (Fsp3) is 0.800. The molecule has 1 heterocycles. The molecular weight excluding hydrogens is 163 g/mol. The van der Waals surface area contributed by atoms with E-state index in [1.165, 1.54) is 18.6 Å². The number of thioether (sulfide) groups is 1. The Morgan fingerprint density at radius 3 is 2.67 bits per heavy atom. The molecule has 0 fully saturated rings. The summed E-state index contributed by atoms with van der Waals surface area (Å²) in [7, 11) is 2.31. The Bertz CT molecular complexity index is 184. The lowest BCUT2D eigenvalue weighted by Crippen LogP contribution is -2.02. The molecule has 0 aliphatic carbocycles. The predicted octanol–water partition coefficient (Wildman–Crippen LogP) is 2.87. The maximum atomic E-state index is 2.31. The molecule has 68 valence electrons. The lowest BCUT2D eigenvalue weighted by atomic mass is 9.82. The van der Waals surface area contributed by atoms with Gasteiger partial charge in [0.25, 0.3) is 0 Å². The summed E-state index contributed by atoms with van der Waals surface area (Å²) < 4.78 is 0. The van der Waals surface area contributed by atoms with Gasteiger partial charge >= 0.3 is 0 Å². The van der Waals surface area contributed by atoms with Crippen molar-refractivity contribution in [1.29, 1.82) is 0 Å². The molecule has 12 heavy (non-hydrogen) atoms. The molecule has 0 aromatic carbocycles. The van der Waals surface area contributed by atoms with Crippen LogP contribution in [-0.2, 0) is 0 Å². The number of hydrogen-bond acceptors (Lipinski definition) is 1. The lowest BCUT2D eigenvalue weighted by Gasteiger charge is -2.12. The van der Waals surface area contributed by atoms with Gasteiger partial charge in [0.2, 0.25) is 0 Å². The summed E-state index contributed by atoms with van der Waals surface area (Å²) in [5.74, 6) is 3.09. The molecule has 2 heteroatoms. The van der Waals surface area contributed by atoms with E-state index in [2.05, 4.69) is 28.6 Å². The Hall–Kier alpha value is 0.155. The first kappa shape index (κ1) is 10.2. The Morgan fingerprint density at radius 1 is 1.58 bits per heavy atom. The van der Waals surface area contributed by atoms with E-state index in [1.54, 1.807) is 10.5 Å². The zero-order chi connectivity index (χ0) is 9.14. The average Bonchev–Trinajstić information content (AvgIpc) is 2.30. The van der Waals surface area contributed by atoms with Crippen LogP contribution in [0.2, 0.25) is 5.82 Å². The quantitative estimate of drug-likeness (QED) is 0.605. The molecule has 0 amide bonds. The summed E-state index contributed by atoms with van der Waals surface area (Å²) in [5, 5.41) is 0. The molecule has 0 nitrogen and oxygen atoms in total. The average molecular weight is 182 g/mol. The smallest absolute Gasteiger partial charge is 0.105 e. The second kappa shape index (κ2) is 4.41. The van der Waals surface area contributed by atoms with Gasteiger partial charge in [-0.2, -0.15) is 0 Å². The molecule has 2 atom stereocenters. The largest absolute Gasteiger partial charge is 0.130 e. The molecule has 0 aromatic heterocycles. The first-order chi connectivity index (χ1) is 5.61. The third-order valence-electron chi connectivity index (χ3n) is 2.76. The summed E-state index contributed by atoms with van der Waals surface area (Å²) in [5.41, 5.74) is 1.65. The normalized spacial score (nSPS) is 26.4. The summed E-state index contributed by atoms with van der Waals surface area (Å²) in [6.07, 6.45) is 2.78. The van der Waals surface area contributed by atoms with Crippen molar-refractivity contribution >= 4 is 19.6 Å². The van der Waals surface area contributed by atoms with Crippen LogP contribution in [0, 0.1) is 5.92 Å². The van der Waals surface area contributed by atoms with Gasteiger partial charge in [0.1, 0.15) is 7.85 Å². The highest BCUT2D eigenvalue weighted by molar-refractivity contribution is 8.03. The monoisotopic (exact) mass is 182 g/mol. The van der Waals surface area contributed by atoms with Gasteiger partial charge < -0.3 is 0 Å². The minimum atomic E-state index is 0.865. The first-order valence-corrected chi connectivity index (χ1v) is 5.90. The highest BCUT2D eigenvalue weighted by Crippen LogP contribution is 2.38. The van der Waals surface area contributed by atoms with Gasteiger partial charge in [0.05, 0.1) is 0 Å². The summed E-state index contributed by atoms with van der Waals surface area (Å²) in [4.78, 5) is 1.57. The van der Waals surface area contributed by atoms with Gasteiger partial charge in [-0.3, -0.25) is 0 Å². The van der Waals surface area contributed by atoms with Crippen LogP contribution in [0.15, 0.2) is 10.5 Å². The molecule has 0 radical (unpaired) electrons. The van der Waals surface area contributed by atoms with Crippen LogP contribution in [0.3, 0.4) is 0 Å². The van der Waals surface area contributed by atoms with Gasteiger partial charge in [0, 0.05) is 5.75 Å². The Morgan fingerprint density at radius 2 is 2.25 bits per heavy atom. The van der Waals surface area contributed by atoms with E-state index < -0.39 is 0 Å². The molecule has 1 aliphatic rings. The molecule has 0 saturated carbocycles.